The number of ether oxygens (including phenoxy) is 1. The molecule has 76 valence electrons. The van der Waals surface area contributed by atoms with Crippen molar-refractivity contribution in [1.29, 1.82) is 0 Å². The first-order valence-electron chi connectivity index (χ1n) is 4.48. The molecule has 0 aromatic heterocycles. The highest BCUT2D eigenvalue weighted by molar-refractivity contribution is 5.96. The van der Waals surface area contributed by atoms with Crippen LogP contribution in [0.15, 0.2) is 12.1 Å². The maximum Gasteiger partial charge on any atom is 0.165 e. The molecule has 0 bridgehead atoms. The van der Waals surface area contributed by atoms with Gasteiger partial charge in [0.15, 0.2) is 17.3 Å². The number of benzene rings is 1. The number of carbonyl (C=O) groups excluding carboxylic acids is 1. The van der Waals surface area contributed by atoms with E-state index in [9.17, 15) is 9.18 Å². The molecule has 0 N–H and O–H groups in total. The molecule has 1 aromatic carbocycles. The Morgan fingerprint density at radius 3 is 2.57 bits per heavy atom. The van der Waals surface area contributed by atoms with Crippen LogP contribution in [0.1, 0.15) is 29.8 Å². The van der Waals surface area contributed by atoms with Crippen molar-refractivity contribution in [3.63, 3.8) is 0 Å². The number of rotatable bonds is 3. The fourth-order valence-electron chi connectivity index (χ4n) is 1.50. The van der Waals surface area contributed by atoms with Crippen LogP contribution in [0.4, 0.5) is 4.39 Å². The number of Topliss-reactive ketones (excluding diaryl/α,β-unsaturated/α-hetero) is 1. The van der Waals surface area contributed by atoms with Gasteiger partial charge in [-0.25, -0.2) is 4.39 Å². The summed E-state index contributed by atoms with van der Waals surface area (Å²) in [6, 6.07) is 2.76. The lowest BCUT2D eigenvalue weighted by molar-refractivity contribution is 0.101. The quantitative estimate of drug-likeness (QED) is 0.694. The lowest BCUT2D eigenvalue weighted by atomic mass is 10.0. The molecule has 0 spiro atoms. The van der Waals surface area contributed by atoms with E-state index in [1.165, 1.54) is 26.2 Å². The van der Waals surface area contributed by atoms with Crippen LogP contribution in [0.5, 0.6) is 5.75 Å². The minimum absolute atomic E-state index is 0.0693. The maximum atomic E-state index is 13.2. The average Bonchev–Trinajstić information content (AvgIpc) is 2.16. The molecule has 1 aromatic rings. The van der Waals surface area contributed by atoms with E-state index < -0.39 is 5.82 Å². The lowest BCUT2D eigenvalue weighted by Gasteiger charge is -2.11. The third kappa shape index (κ3) is 1.76. The van der Waals surface area contributed by atoms with E-state index in [0.29, 0.717) is 17.5 Å². The molecular weight excluding hydrogens is 183 g/mol. The molecule has 0 fully saturated rings. The highest BCUT2D eigenvalue weighted by Crippen LogP contribution is 2.26. The van der Waals surface area contributed by atoms with Gasteiger partial charge in [0.2, 0.25) is 0 Å². The van der Waals surface area contributed by atoms with Gasteiger partial charge in [-0.2, -0.15) is 0 Å². The van der Waals surface area contributed by atoms with E-state index in [2.05, 4.69) is 0 Å². The monoisotopic (exact) mass is 196 g/mol. The highest BCUT2D eigenvalue weighted by atomic mass is 19.1. The van der Waals surface area contributed by atoms with Crippen molar-refractivity contribution in [1.82, 2.24) is 0 Å². The SMILES string of the molecule is CCc1c(C(C)=O)ccc(F)c1OC. The Labute approximate surface area is 82.7 Å². The van der Waals surface area contributed by atoms with E-state index in [1.54, 1.807) is 0 Å². The summed E-state index contributed by atoms with van der Waals surface area (Å²) in [5.74, 6) is -0.310. The molecule has 14 heavy (non-hydrogen) atoms. The van der Waals surface area contributed by atoms with Crippen LogP contribution in [-0.2, 0) is 6.42 Å². The molecule has 0 radical (unpaired) electrons. The van der Waals surface area contributed by atoms with Crippen LogP contribution in [0.3, 0.4) is 0 Å². The van der Waals surface area contributed by atoms with Crippen LogP contribution in [0.2, 0.25) is 0 Å². The van der Waals surface area contributed by atoms with Crippen molar-refractivity contribution in [2.45, 2.75) is 20.3 Å². The van der Waals surface area contributed by atoms with Gasteiger partial charge in [0.05, 0.1) is 7.11 Å². The molecular formula is C11H13FO2. The predicted molar refractivity (Wildman–Crippen MR) is 52.3 cm³/mol. The first-order chi connectivity index (χ1) is 6.61. The summed E-state index contributed by atoms with van der Waals surface area (Å²) in [6.07, 6.45) is 0.579. The maximum absolute atomic E-state index is 13.2. The molecule has 1 rings (SSSR count). The van der Waals surface area contributed by atoms with Gasteiger partial charge in [-0.05, 0) is 25.5 Å². The van der Waals surface area contributed by atoms with Crippen LogP contribution in [-0.4, -0.2) is 12.9 Å². The Balaban J connectivity index is 3.40. The number of halogens is 1. The van der Waals surface area contributed by atoms with Crippen molar-refractivity contribution < 1.29 is 13.9 Å². The zero-order valence-electron chi connectivity index (χ0n) is 8.56. The lowest BCUT2D eigenvalue weighted by Crippen LogP contribution is -2.03. The number of carbonyl (C=O) groups is 1. The second-order valence-electron chi connectivity index (χ2n) is 3.02. The zero-order valence-corrected chi connectivity index (χ0v) is 8.56. The normalized spacial score (nSPS) is 10.0. The van der Waals surface area contributed by atoms with Gasteiger partial charge in [-0.3, -0.25) is 4.79 Å². The highest BCUT2D eigenvalue weighted by Gasteiger charge is 2.14. The summed E-state index contributed by atoms with van der Waals surface area (Å²) in [5.41, 5.74) is 1.17. The second-order valence-corrected chi connectivity index (χ2v) is 3.02. The Kier molecular flexibility index (Phi) is 3.23. The molecule has 0 atom stereocenters. The molecule has 0 saturated carbocycles. The van der Waals surface area contributed by atoms with Crippen molar-refractivity contribution in [2.75, 3.05) is 7.11 Å². The fourth-order valence-corrected chi connectivity index (χ4v) is 1.50. The number of methoxy groups -OCH3 is 1. The minimum atomic E-state index is -0.422. The summed E-state index contributed by atoms with van der Waals surface area (Å²) in [4.78, 5) is 11.2. The van der Waals surface area contributed by atoms with Crippen molar-refractivity contribution in [3.8, 4) is 5.75 Å². The van der Waals surface area contributed by atoms with Gasteiger partial charge in [0, 0.05) is 11.1 Å². The first-order valence-corrected chi connectivity index (χ1v) is 4.48. The van der Waals surface area contributed by atoms with E-state index in [0.717, 1.165) is 0 Å². The molecule has 0 aliphatic heterocycles. The smallest absolute Gasteiger partial charge is 0.165 e. The summed E-state index contributed by atoms with van der Waals surface area (Å²) in [7, 11) is 1.40. The Morgan fingerprint density at radius 2 is 2.14 bits per heavy atom. The Morgan fingerprint density at radius 1 is 1.50 bits per heavy atom. The number of ketones is 1. The molecule has 0 amide bonds. The van der Waals surface area contributed by atoms with Crippen molar-refractivity contribution in [2.24, 2.45) is 0 Å². The Bertz CT molecular complexity index is 359. The summed E-state index contributed by atoms with van der Waals surface area (Å²) >= 11 is 0. The Hall–Kier alpha value is -1.38. The second kappa shape index (κ2) is 4.22. The van der Waals surface area contributed by atoms with Gasteiger partial charge < -0.3 is 4.74 Å². The van der Waals surface area contributed by atoms with Gasteiger partial charge in [-0.15, -0.1) is 0 Å². The molecule has 3 heteroatoms. The molecule has 0 saturated heterocycles. The van der Waals surface area contributed by atoms with Gasteiger partial charge >= 0.3 is 0 Å². The number of hydrogen-bond donors (Lipinski definition) is 0. The first kappa shape index (κ1) is 10.7. The standard InChI is InChI=1S/C11H13FO2/c1-4-8-9(7(2)13)5-6-10(12)11(8)14-3/h5-6H,4H2,1-3H3. The largest absolute Gasteiger partial charge is 0.493 e. The molecule has 0 unspecified atom stereocenters. The van der Waals surface area contributed by atoms with Crippen LogP contribution in [0, 0.1) is 5.82 Å². The van der Waals surface area contributed by atoms with E-state index in [4.69, 9.17) is 4.74 Å². The van der Waals surface area contributed by atoms with Crippen LogP contribution < -0.4 is 4.74 Å². The van der Waals surface area contributed by atoms with Crippen LogP contribution >= 0.6 is 0 Å². The third-order valence-electron chi connectivity index (χ3n) is 2.15. The van der Waals surface area contributed by atoms with E-state index in [-0.39, 0.29) is 11.5 Å². The summed E-state index contributed by atoms with van der Waals surface area (Å²) in [5, 5.41) is 0. The fraction of sp³-hybridized carbons (Fsp3) is 0.364. The van der Waals surface area contributed by atoms with Crippen molar-refractivity contribution >= 4 is 5.78 Å². The van der Waals surface area contributed by atoms with Gasteiger partial charge in [0.1, 0.15) is 0 Å². The summed E-state index contributed by atoms with van der Waals surface area (Å²) < 4.78 is 18.2. The topological polar surface area (TPSA) is 26.3 Å². The number of hydrogen-bond acceptors (Lipinski definition) is 2. The zero-order chi connectivity index (χ0) is 10.7. The molecule has 2 nitrogen and oxygen atoms in total. The van der Waals surface area contributed by atoms with Gasteiger partial charge in [0.25, 0.3) is 0 Å². The summed E-state index contributed by atoms with van der Waals surface area (Å²) in [6.45, 7) is 3.33. The van der Waals surface area contributed by atoms with E-state index in [1.807, 2.05) is 6.92 Å². The van der Waals surface area contributed by atoms with Crippen LogP contribution in [0.25, 0.3) is 0 Å². The molecule has 0 heterocycles. The predicted octanol–water partition coefficient (Wildman–Crippen LogP) is 2.60. The van der Waals surface area contributed by atoms with E-state index >= 15 is 0 Å². The van der Waals surface area contributed by atoms with Gasteiger partial charge in [-0.1, -0.05) is 6.92 Å². The minimum Gasteiger partial charge on any atom is -0.493 e. The third-order valence-corrected chi connectivity index (χ3v) is 2.15. The average molecular weight is 196 g/mol. The molecule has 0 aliphatic carbocycles. The van der Waals surface area contributed by atoms with Crippen molar-refractivity contribution in [3.05, 3.63) is 29.1 Å². The molecule has 0 aliphatic rings.